The number of thiocarbonyl (C=S) groups is 1. The molecule has 2 aromatic rings. The zero-order valence-electron chi connectivity index (χ0n) is 22.4. The molecule has 2 atom stereocenters. The topological polar surface area (TPSA) is 65.5 Å². The van der Waals surface area contributed by atoms with Crippen LogP contribution in [-0.4, -0.2) is 61.0 Å². The van der Waals surface area contributed by atoms with Crippen molar-refractivity contribution in [3.8, 4) is 0 Å². The number of benzene rings is 1. The smallest absolute Gasteiger partial charge is 0.232 e. The highest BCUT2D eigenvalue weighted by molar-refractivity contribution is 7.80. The number of hydrogen-bond acceptors (Lipinski definition) is 6. The van der Waals surface area contributed by atoms with Crippen LogP contribution in [0.5, 0.6) is 0 Å². The molecule has 3 aliphatic heterocycles. The summed E-state index contributed by atoms with van der Waals surface area (Å²) in [7, 11) is 0. The zero-order valence-corrected chi connectivity index (χ0v) is 23.2. The van der Waals surface area contributed by atoms with Crippen molar-refractivity contribution in [3.63, 3.8) is 0 Å². The molecule has 0 spiro atoms. The molecule has 4 heterocycles. The summed E-state index contributed by atoms with van der Waals surface area (Å²) >= 11 is 5.78. The number of anilines is 3. The largest absolute Gasteiger partial charge is 0.381 e. The Kier molecular flexibility index (Phi) is 8.45. The lowest BCUT2D eigenvalue weighted by atomic mass is 9.74. The van der Waals surface area contributed by atoms with Gasteiger partial charge in [-0.25, -0.2) is 0 Å². The van der Waals surface area contributed by atoms with Crippen LogP contribution in [0, 0.1) is 11.8 Å². The Balaban J connectivity index is 1.33. The first-order chi connectivity index (χ1) is 18.0. The first-order valence-electron chi connectivity index (χ1n) is 14.1. The van der Waals surface area contributed by atoms with Crippen LogP contribution in [0.4, 0.5) is 17.6 Å². The third-order valence-electron chi connectivity index (χ3n) is 8.22. The molecule has 2 N–H and O–H groups in total. The van der Waals surface area contributed by atoms with Crippen LogP contribution in [0.1, 0.15) is 57.9 Å². The van der Waals surface area contributed by atoms with Gasteiger partial charge < -0.3 is 25.2 Å². The molecule has 7 nitrogen and oxygen atoms in total. The Morgan fingerprint density at radius 1 is 0.973 bits per heavy atom. The van der Waals surface area contributed by atoms with E-state index < -0.39 is 0 Å². The molecule has 0 unspecified atom stereocenters. The van der Waals surface area contributed by atoms with E-state index in [9.17, 15) is 0 Å². The minimum atomic E-state index is 0.00694. The van der Waals surface area contributed by atoms with E-state index in [1.807, 2.05) is 0 Å². The maximum Gasteiger partial charge on any atom is 0.232 e. The molecule has 5 rings (SSSR count). The molecule has 3 saturated heterocycles. The molecule has 200 valence electrons. The van der Waals surface area contributed by atoms with Crippen LogP contribution < -0.4 is 20.4 Å². The number of aromatic nitrogens is 2. The highest BCUT2D eigenvalue weighted by atomic mass is 32.1. The van der Waals surface area contributed by atoms with Gasteiger partial charge in [0.15, 0.2) is 5.11 Å². The normalized spacial score (nSPS) is 23.9. The van der Waals surface area contributed by atoms with E-state index in [-0.39, 0.29) is 5.41 Å². The number of nitrogens with one attached hydrogen (secondary N) is 2. The third kappa shape index (κ3) is 6.52. The Labute approximate surface area is 227 Å². The highest BCUT2D eigenvalue weighted by Crippen LogP contribution is 2.34. The first kappa shape index (κ1) is 26.2. The van der Waals surface area contributed by atoms with Crippen molar-refractivity contribution < 1.29 is 4.74 Å². The fraction of sp³-hybridized carbons (Fsp3) is 0.621. The molecule has 1 aromatic carbocycles. The second-order valence-corrected chi connectivity index (χ2v) is 11.8. The lowest BCUT2D eigenvalue weighted by Gasteiger charge is -2.38. The highest BCUT2D eigenvalue weighted by Gasteiger charge is 2.34. The van der Waals surface area contributed by atoms with Crippen molar-refractivity contribution in [1.29, 1.82) is 0 Å². The summed E-state index contributed by atoms with van der Waals surface area (Å²) in [4.78, 5) is 14.7. The fourth-order valence-electron chi connectivity index (χ4n) is 6.29. The van der Waals surface area contributed by atoms with Gasteiger partial charge in [-0.05, 0) is 68.1 Å². The number of nitrogens with zero attached hydrogens (tertiary/aromatic N) is 4. The summed E-state index contributed by atoms with van der Waals surface area (Å²) in [5.41, 5.74) is 1.35. The van der Waals surface area contributed by atoms with Crippen molar-refractivity contribution in [1.82, 2.24) is 15.3 Å². The Morgan fingerprint density at radius 3 is 2.30 bits per heavy atom. The average Bonchev–Trinajstić information content (AvgIpc) is 2.93. The number of rotatable bonds is 6. The van der Waals surface area contributed by atoms with Crippen molar-refractivity contribution in [2.24, 2.45) is 11.8 Å². The average molecular weight is 523 g/mol. The number of piperidine rings is 2. The van der Waals surface area contributed by atoms with Gasteiger partial charge in [0.25, 0.3) is 0 Å². The second-order valence-electron chi connectivity index (χ2n) is 11.4. The molecular weight excluding hydrogens is 480 g/mol. The first-order valence-corrected chi connectivity index (χ1v) is 14.5. The van der Waals surface area contributed by atoms with E-state index in [2.05, 4.69) is 70.7 Å². The molecule has 0 saturated carbocycles. The molecule has 1 aromatic heterocycles. The summed E-state index contributed by atoms with van der Waals surface area (Å²) in [6.45, 7) is 11.1. The van der Waals surface area contributed by atoms with Gasteiger partial charge in [-0.3, -0.25) is 0 Å². The van der Waals surface area contributed by atoms with Crippen molar-refractivity contribution in [2.75, 3.05) is 61.1 Å². The van der Waals surface area contributed by atoms with Crippen LogP contribution in [0.2, 0.25) is 0 Å². The molecule has 0 bridgehead atoms. The summed E-state index contributed by atoms with van der Waals surface area (Å²) in [5.74, 6) is 3.91. The van der Waals surface area contributed by atoms with Gasteiger partial charge in [-0.15, -0.1) is 0 Å². The second kappa shape index (κ2) is 11.9. The zero-order chi connectivity index (χ0) is 25.7. The van der Waals surface area contributed by atoms with Gasteiger partial charge in [0.05, 0.1) is 0 Å². The van der Waals surface area contributed by atoms with Crippen LogP contribution in [-0.2, 0) is 10.2 Å². The molecule has 37 heavy (non-hydrogen) atoms. The fourth-order valence-corrected chi connectivity index (χ4v) is 6.45. The molecule has 0 aliphatic carbocycles. The van der Waals surface area contributed by atoms with Gasteiger partial charge >= 0.3 is 0 Å². The van der Waals surface area contributed by atoms with Crippen LogP contribution in [0.25, 0.3) is 0 Å². The van der Waals surface area contributed by atoms with E-state index >= 15 is 0 Å². The minimum absolute atomic E-state index is 0.00694. The summed E-state index contributed by atoms with van der Waals surface area (Å²) < 4.78 is 5.70. The maximum absolute atomic E-state index is 5.78. The summed E-state index contributed by atoms with van der Waals surface area (Å²) in [6.07, 6.45) is 6.94. The van der Waals surface area contributed by atoms with Gasteiger partial charge in [-0.1, -0.05) is 44.2 Å². The van der Waals surface area contributed by atoms with Gasteiger partial charge in [0, 0.05) is 57.4 Å². The maximum atomic E-state index is 5.78. The predicted octanol–water partition coefficient (Wildman–Crippen LogP) is 4.98. The Hall–Kier alpha value is -2.45. The van der Waals surface area contributed by atoms with Gasteiger partial charge in [0.2, 0.25) is 5.95 Å². The SMILES string of the molecule is C[C@H]1C[C@H](C)CN(c2cc(N3CCCCC3)nc(NC(=S)NCC3(c4ccccc4)CCOCC3)n2)C1. The van der Waals surface area contributed by atoms with E-state index in [1.54, 1.807) is 0 Å². The minimum Gasteiger partial charge on any atom is -0.381 e. The molecule has 3 aliphatic rings. The van der Waals surface area contributed by atoms with E-state index in [1.165, 1.54) is 31.2 Å². The van der Waals surface area contributed by atoms with Crippen LogP contribution >= 0.6 is 12.2 Å². The Morgan fingerprint density at radius 2 is 1.62 bits per heavy atom. The number of hydrogen-bond donors (Lipinski definition) is 2. The van der Waals surface area contributed by atoms with Crippen molar-refractivity contribution in [3.05, 3.63) is 42.0 Å². The molecular formula is C29H42N6OS. The Bertz CT molecular complexity index is 1030. The van der Waals surface area contributed by atoms with E-state index in [4.69, 9.17) is 26.9 Å². The monoisotopic (exact) mass is 522 g/mol. The quantitative estimate of drug-likeness (QED) is 0.515. The molecule has 0 amide bonds. The van der Waals surface area contributed by atoms with Gasteiger partial charge in [-0.2, -0.15) is 9.97 Å². The van der Waals surface area contributed by atoms with E-state index in [0.717, 1.165) is 70.4 Å². The predicted molar refractivity (Wildman–Crippen MR) is 156 cm³/mol. The van der Waals surface area contributed by atoms with Crippen molar-refractivity contribution in [2.45, 2.75) is 57.8 Å². The molecule has 3 fully saturated rings. The van der Waals surface area contributed by atoms with Gasteiger partial charge in [0.1, 0.15) is 11.6 Å². The lowest BCUT2D eigenvalue weighted by Crippen LogP contribution is -2.45. The molecule has 0 radical (unpaired) electrons. The van der Waals surface area contributed by atoms with Crippen LogP contribution in [0.3, 0.4) is 0 Å². The van der Waals surface area contributed by atoms with Crippen molar-refractivity contribution >= 4 is 34.9 Å². The van der Waals surface area contributed by atoms with E-state index in [0.29, 0.717) is 22.9 Å². The van der Waals surface area contributed by atoms with Crippen LogP contribution in [0.15, 0.2) is 36.4 Å². The number of ether oxygens (including phenoxy) is 1. The standard InChI is InChI=1S/C29H42N6OS/c1-22-17-23(2)20-35(19-22)26-18-25(34-13-7-4-8-14-34)31-27(32-26)33-28(37)30-21-29(11-15-36-16-12-29)24-9-5-3-6-10-24/h3,5-6,9-10,18,22-23H,4,7-8,11-17,19-21H2,1-2H3,(H2,30,31,32,33,37)/t22-,23-/m0/s1. The summed E-state index contributed by atoms with van der Waals surface area (Å²) in [6, 6.07) is 12.9. The molecule has 8 heteroatoms. The third-order valence-corrected chi connectivity index (χ3v) is 8.47. The lowest BCUT2D eigenvalue weighted by molar-refractivity contribution is 0.0515. The summed E-state index contributed by atoms with van der Waals surface area (Å²) in [5, 5.41) is 7.43.